The monoisotopic (exact) mass is 418 g/mol. The lowest BCUT2D eigenvalue weighted by molar-refractivity contribution is 0.177. The molecular formula is C15H12BrFN8O. The molecule has 132 valence electrons. The summed E-state index contributed by atoms with van der Waals surface area (Å²) in [6, 6.07) is 6.42. The van der Waals surface area contributed by atoms with Crippen molar-refractivity contribution >= 4 is 21.6 Å². The zero-order valence-electron chi connectivity index (χ0n) is 13.5. The largest absolute Gasteiger partial charge is 0.471 e. The number of rotatable bonds is 5. The molecule has 4 heterocycles. The molecule has 4 rings (SSSR count). The molecule has 26 heavy (non-hydrogen) atoms. The van der Waals surface area contributed by atoms with Crippen molar-refractivity contribution in [2.24, 2.45) is 0 Å². The van der Waals surface area contributed by atoms with Crippen molar-refractivity contribution in [2.75, 3.05) is 0 Å². The minimum atomic E-state index is -0.554. The number of fused-ring (bicyclic) bond motifs is 1. The Morgan fingerprint density at radius 2 is 2.08 bits per heavy atom. The second kappa shape index (κ2) is 6.75. The SMILES string of the molecule is C[C@@H](Cn1cnnn1)Oc1nc(-c2ccc3ncc(Br)n3n2)ccc1F. The van der Waals surface area contributed by atoms with E-state index in [1.54, 1.807) is 35.8 Å². The third kappa shape index (κ3) is 3.25. The molecule has 0 saturated carbocycles. The van der Waals surface area contributed by atoms with Gasteiger partial charge in [-0.2, -0.15) is 5.10 Å². The van der Waals surface area contributed by atoms with Crippen molar-refractivity contribution in [3.63, 3.8) is 0 Å². The molecule has 0 spiro atoms. The maximum Gasteiger partial charge on any atom is 0.251 e. The predicted octanol–water partition coefficient (Wildman–Crippen LogP) is 2.15. The van der Waals surface area contributed by atoms with Crippen LogP contribution in [-0.2, 0) is 6.54 Å². The molecule has 0 aromatic carbocycles. The molecule has 0 radical (unpaired) electrons. The van der Waals surface area contributed by atoms with Crippen LogP contribution in [0.3, 0.4) is 0 Å². The molecule has 0 aliphatic rings. The Kier molecular flexibility index (Phi) is 4.29. The molecule has 0 aliphatic carbocycles. The Morgan fingerprint density at radius 1 is 1.23 bits per heavy atom. The van der Waals surface area contributed by atoms with Gasteiger partial charge in [-0.3, -0.25) is 0 Å². The van der Waals surface area contributed by atoms with Gasteiger partial charge in [0.25, 0.3) is 5.88 Å². The number of imidazole rings is 1. The summed E-state index contributed by atoms with van der Waals surface area (Å²) in [7, 11) is 0. The van der Waals surface area contributed by atoms with Crippen LogP contribution in [-0.4, -0.2) is 45.9 Å². The van der Waals surface area contributed by atoms with Crippen molar-refractivity contribution in [1.29, 1.82) is 0 Å². The quantitative estimate of drug-likeness (QED) is 0.489. The third-order valence-electron chi connectivity index (χ3n) is 3.55. The number of pyridine rings is 1. The van der Waals surface area contributed by atoms with Crippen molar-refractivity contribution in [3.05, 3.63) is 47.2 Å². The van der Waals surface area contributed by atoms with Crippen LogP contribution in [0, 0.1) is 5.82 Å². The lowest BCUT2D eigenvalue weighted by atomic mass is 10.2. The molecule has 0 amide bonds. The second-order valence-corrected chi connectivity index (χ2v) is 6.33. The normalized spacial score (nSPS) is 12.4. The van der Waals surface area contributed by atoms with E-state index in [0.29, 0.717) is 28.2 Å². The molecule has 4 aromatic heterocycles. The number of halogens is 2. The number of hydrogen-bond donors (Lipinski definition) is 0. The summed E-state index contributed by atoms with van der Waals surface area (Å²) in [6.07, 6.45) is 2.73. The Bertz CT molecular complexity index is 1050. The summed E-state index contributed by atoms with van der Waals surface area (Å²) >= 11 is 3.37. The topological polar surface area (TPSA) is 95.9 Å². The van der Waals surface area contributed by atoms with Crippen LogP contribution < -0.4 is 4.74 Å². The van der Waals surface area contributed by atoms with Gasteiger partial charge in [-0.25, -0.2) is 23.6 Å². The summed E-state index contributed by atoms with van der Waals surface area (Å²) in [5, 5.41) is 15.3. The fourth-order valence-electron chi connectivity index (χ4n) is 2.39. The fourth-order valence-corrected chi connectivity index (χ4v) is 2.75. The summed E-state index contributed by atoms with van der Waals surface area (Å²) in [5.74, 6) is -0.656. The van der Waals surface area contributed by atoms with E-state index in [-0.39, 0.29) is 12.0 Å². The van der Waals surface area contributed by atoms with Gasteiger partial charge in [-0.05, 0) is 57.5 Å². The molecule has 0 saturated heterocycles. The molecule has 9 nitrogen and oxygen atoms in total. The second-order valence-electron chi connectivity index (χ2n) is 5.51. The van der Waals surface area contributed by atoms with E-state index in [4.69, 9.17) is 4.74 Å². The molecular weight excluding hydrogens is 407 g/mol. The smallest absolute Gasteiger partial charge is 0.251 e. The van der Waals surface area contributed by atoms with E-state index in [0.717, 1.165) is 0 Å². The van der Waals surface area contributed by atoms with E-state index in [1.165, 1.54) is 17.1 Å². The number of tetrazole rings is 1. The minimum Gasteiger partial charge on any atom is -0.471 e. The van der Waals surface area contributed by atoms with Gasteiger partial charge in [0.15, 0.2) is 11.5 Å². The van der Waals surface area contributed by atoms with Gasteiger partial charge in [0, 0.05) is 0 Å². The summed E-state index contributed by atoms with van der Waals surface area (Å²) in [4.78, 5) is 8.45. The van der Waals surface area contributed by atoms with E-state index in [9.17, 15) is 4.39 Å². The van der Waals surface area contributed by atoms with Gasteiger partial charge in [0.05, 0.1) is 18.4 Å². The first-order valence-electron chi connectivity index (χ1n) is 7.65. The fraction of sp³-hybridized carbons (Fsp3) is 0.200. The van der Waals surface area contributed by atoms with Gasteiger partial charge in [0.1, 0.15) is 22.7 Å². The molecule has 11 heteroatoms. The first kappa shape index (κ1) is 16.5. The number of aromatic nitrogens is 8. The van der Waals surface area contributed by atoms with E-state index < -0.39 is 5.82 Å². The summed E-state index contributed by atoms with van der Waals surface area (Å²) < 4.78 is 23.6. The first-order valence-corrected chi connectivity index (χ1v) is 8.44. The maximum absolute atomic E-state index is 14.1. The van der Waals surface area contributed by atoms with Crippen LogP contribution in [0.1, 0.15) is 6.92 Å². The zero-order chi connectivity index (χ0) is 18.1. The molecule has 0 unspecified atom stereocenters. The predicted molar refractivity (Wildman–Crippen MR) is 91.8 cm³/mol. The van der Waals surface area contributed by atoms with Crippen LogP contribution in [0.4, 0.5) is 4.39 Å². The lowest BCUT2D eigenvalue weighted by Crippen LogP contribution is -2.21. The minimum absolute atomic E-state index is 0.102. The molecule has 0 aliphatic heterocycles. The van der Waals surface area contributed by atoms with Crippen molar-refractivity contribution in [1.82, 2.24) is 39.8 Å². The third-order valence-corrected chi connectivity index (χ3v) is 4.09. The average molecular weight is 419 g/mol. The highest BCUT2D eigenvalue weighted by atomic mass is 79.9. The summed E-state index contributed by atoms with van der Waals surface area (Å²) in [5.41, 5.74) is 1.74. The molecule has 4 aromatic rings. The lowest BCUT2D eigenvalue weighted by Gasteiger charge is -2.14. The van der Waals surface area contributed by atoms with Crippen LogP contribution in [0.2, 0.25) is 0 Å². The van der Waals surface area contributed by atoms with Gasteiger partial charge < -0.3 is 4.74 Å². The Hall–Kier alpha value is -2.95. The number of hydrogen-bond acceptors (Lipinski definition) is 7. The molecule has 1 atom stereocenters. The highest BCUT2D eigenvalue weighted by Crippen LogP contribution is 2.23. The average Bonchev–Trinajstić information content (AvgIpc) is 3.27. The molecule has 0 fully saturated rings. The standard InChI is InChI=1S/C15H12BrFN8O/c1-9(7-24-8-19-22-23-24)26-15-10(17)2-3-11(20-15)12-4-5-14-18-6-13(16)25(14)21-12/h2-6,8-9H,7H2,1H3/t9-/m0/s1. The van der Waals surface area contributed by atoms with Crippen LogP contribution in [0.15, 0.2) is 41.4 Å². The highest BCUT2D eigenvalue weighted by molar-refractivity contribution is 9.10. The Morgan fingerprint density at radius 3 is 2.88 bits per heavy atom. The van der Waals surface area contributed by atoms with Crippen molar-refractivity contribution < 1.29 is 9.13 Å². The highest BCUT2D eigenvalue weighted by Gasteiger charge is 2.14. The van der Waals surface area contributed by atoms with E-state index in [2.05, 4.69) is 46.5 Å². The summed E-state index contributed by atoms with van der Waals surface area (Å²) in [6.45, 7) is 2.15. The van der Waals surface area contributed by atoms with Gasteiger partial charge in [-0.1, -0.05) is 0 Å². The Balaban J connectivity index is 1.61. The van der Waals surface area contributed by atoms with Gasteiger partial charge in [-0.15, -0.1) is 5.10 Å². The zero-order valence-corrected chi connectivity index (χ0v) is 15.1. The number of nitrogens with zero attached hydrogens (tertiary/aromatic N) is 8. The van der Waals surface area contributed by atoms with E-state index >= 15 is 0 Å². The van der Waals surface area contributed by atoms with Crippen LogP contribution in [0.5, 0.6) is 5.88 Å². The van der Waals surface area contributed by atoms with Gasteiger partial charge >= 0.3 is 0 Å². The van der Waals surface area contributed by atoms with Crippen molar-refractivity contribution in [3.8, 4) is 17.3 Å². The number of ether oxygens (including phenoxy) is 1. The van der Waals surface area contributed by atoms with Crippen molar-refractivity contribution in [2.45, 2.75) is 19.6 Å². The Labute approximate surface area is 155 Å². The van der Waals surface area contributed by atoms with Crippen LogP contribution in [0.25, 0.3) is 17.0 Å². The maximum atomic E-state index is 14.1. The van der Waals surface area contributed by atoms with Crippen LogP contribution >= 0.6 is 15.9 Å². The van der Waals surface area contributed by atoms with E-state index in [1.807, 2.05) is 0 Å². The molecule has 0 bridgehead atoms. The molecule has 0 N–H and O–H groups in total. The van der Waals surface area contributed by atoms with Gasteiger partial charge in [0.2, 0.25) is 0 Å². The first-order chi connectivity index (χ1) is 12.6.